The van der Waals surface area contributed by atoms with Gasteiger partial charge >= 0.3 is 12.1 Å². The molecule has 2 aliphatic heterocycles. The van der Waals surface area contributed by atoms with Gasteiger partial charge in [0.1, 0.15) is 5.01 Å². The molecule has 30 heavy (non-hydrogen) atoms. The molecular weight excluding hydrogens is 419 g/mol. The van der Waals surface area contributed by atoms with Crippen LogP contribution >= 0.6 is 11.3 Å². The number of rotatable bonds is 3. The maximum atomic E-state index is 10.6. The van der Waals surface area contributed by atoms with Gasteiger partial charge in [0.2, 0.25) is 5.95 Å². The van der Waals surface area contributed by atoms with E-state index < -0.39 is 12.1 Å². The number of aliphatic carboxylic acids is 1. The molecule has 2 aliphatic rings. The summed E-state index contributed by atoms with van der Waals surface area (Å²) in [5.41, 5.74) is 0.487. The largest absolute Gasteiger partial charge is 0.490 e. The summed E-state index contributed by atoms with van der Waals surface area (Å²) >= 11 is 1.77. The average molecular weight is 443 g/mol. The van der Waals surface area contributed by atoms with Gasteiger partial charge in [0.15, 0.2) is 0 Å². The van der Waals surface area contributed by atoms with Crippen LogP contribution in [0.1, 0.15) is 30.7 Å². The number of hydrogen-bond donors (Lipinski definition) is 1. The van der Waals surface area contributed by atoms with E-state index in [-0.39, 0.29) is 0 Å². The quantitative estimate of drug-likeness (QED) is 0.778. The van der Waals surface area contributed by atoms with Crippen LogP contribution in [0.2, 0.25) is 0 Å². The molecule has 2 saturated heterocycles. The number of anilines is 1. The van der Waals surface area contributed by atoms with E-state index in [1.54, 1.807) is 11.3 Å². The van der Waals surface area contributed by atoms with Gasteiger partial charge in [-0.2, -0.15) is 13.2 Å². The van der Waals surface area contributed by atoms with Gasteiger partial charge in [0, 0.05) is 43.6 Å². The molecule has 0 unspecified atom stereocenters. The number of carboxylic acids is 1. The Morgan fingerprint density at radius 1 is 1.10 bits per heavy atom. The zero-order chi connectivity index (χ0) is 21.6. The molecule has 0 aliphatic carbocycles. The van der Waals surface area contributed by atoms with E-state index in [4.69, 9.17) is 9.90 Å². The fourth-order valence-electron chi connectivity index (χ4n) is 4.01. The van der Waals surface area contributed by atoms with Crippen LogP contribution in [0.4, 0.5) is 19.1 Å². The molecule has 164 valence electrons. The molecule has 0 bridgehead atoms. The van der Waals surface area contributed by atoms with Crippen molar-refractivity contribution in [3.63, 3.8) is 0 Å². The van der Waals surface area contributed by atoms with Gasteiger partial charge in [0.05, 0.1) is 6.54 Å². The van der Waals surface area contributed by atoms with Gasteiger partial charge < -0.3 is 10.0 Å². The van der Waals surface area contributed by atoms with Gasteiger partial charge in [-0.1, -0.05) is 0 Å². The molecule has 0 atom stereocenters. The number of thiazole rings is 1. The minimum absolute atomic E-state index is 0.487. The maximum absolute atomic E-state index is 10.6. The zero-order valence-corrected chi connectivity index (χ0v) is 17.2. The number of likely N-dealkylation sites (tertiary alicyclic amines) is 1. The van der Waals surface area contributed by atoms with Crippen molar-refractivity contribution in [1.29, 1.82) is 0 Å². The van der Waals surface area contributed by atoms with E-state index in [0.29, 0.717) is 5.41 Å². The number of carbonyl (C=O) groups is 1. The summed E-state index contributed by atoms with van der Waals surface area (Å²) in [4.78, 5) is 27.1. The Kier molecular flexibility index (Phi) is 7.24. The predicted octanol–water partition coefficient (Wildman–Crippen LogP) is 3.45. The summed E-state index contributed by atoms with van der Waals surface area (Å²) in [5.74, 6) is -1.87. The molecule has 7 nitrogen and oxygen atoms in total. The van der Waals surface area contributed by atoms with Crippen molar-refractivity contribution in [3.8, 4) is 0 Å². The normalized spacial score (nSPS) is 19.2. The monoisotopic (exact) mass is 443 g/mol. The molecule has 2 aromatic heterocycles. The Labute approximate surface area is 176 Å². The number of nitrogens with zero attached hydrogens (tertiary/aromatic N) is 5. The number of piperidine rings is 2. The third kappa shape index (κ3) is 6.11. The van der Waals surface area contributed by atoms with E-state index in [9.17, 15) is 13.2 Å². The van der Waals surface area contributed by atoms with Crippen LogP contribution in [0.25, 0.3) is 0 Å². The highest BCUT2D eigenvalue weighted by atomic mass is 32.1. The van der Waals surface area contributed by atoms with Crippen LogP contribution in [-0.2, 0) is 11.3 Å². The Bertz CT molecular complexity index is 796. The Balaban J connectivity index is 0.000000318. The molecule has 0 radical (unpaired) electrons. The Morgan fingerprint density at radius 2 is 1.77 bits per heavy atom. The SMILES string of the molecule is O=C(O)C(F)(F)F.c1cnc(N2CCC3(CCCN(Cc4nccs4)C3)CC2)nc1. The van der Waals surface area contributed by atoms with Crippen LogP contribution in [-0.4, -0.2) is 63.3 Å². The fourth-order valence-corrected chi connectivity index (χ4v) is 4.67. The summed E-state index contributed by atoms with van der Waals surface area (Å²) in [6, 6.07) is 1.88. The number of aromatic nitrogens is 3. The highest BCUT2D eigenvalue weighted by Crippen LogP contribution is 2.40. The van der Waals surface area contributed by atoms with Crippen molar-refractivity contribution in [2.45, 2.75) is 38.4 Å². The molecule has 4 heterocycles. The first kappa shape index (κ1) is 22.4. The number of hydrogen-bond acceptors (Lipinski definition) is 7. The van der Waals surface area contributed by atoms with Crippen molar-refractivity contribution in [1.82, 2.24) is 19.9 Å². The molecule has 4 rings (SSSR count). The molecule has 1 N–H and O–H groups in total. The lowest BCUT2D eigenvalue weighted by atomic mass is 9.72. The molecule has 11 heteroatoms. The van der Waals surface area contributed by atoms with Gasteiger partial charge in [-0.05, 0) is 43.7 Å². The standard InChI is InChI=1S/C17H23N5S.C2HF3O2/c1-3-17(14-21(9-1)13-15-18-8-12-23-15)4-10-22(11-5-17)16-19-6-2-7-20-16;3-2(4,5)1(6)7/h2,6-8,12H,1,3-5,9-11,13-14H2;(H,6,7). The second kappa shape index (κ2) is 9.69. The van der Waals surface area contributed by atoms with E-state index >= 15 is 0 Å². The molecule has 0 aromatic carbocycles. The van der Waals surface area contributed by atoms with E-state index in [2.05, 4.69) is 30.1 Å². The highest BCUT2D eigenvalue weighted by molar-refractivity contribution is 7.09. The van der Waals surface area contributed by atoms with Crippen LogP contribution in [0.5, 0.6) is 0 Å². The molecule has 2 aromatic rings. The Hall–Kier alpha value is -2.27. The van der Waals surface area contributed by atoms with Crippen LogP contribution < -0.4 is 4.90 Å². The fraction of sp³-hybridized carbons (Fsp3) is 0.579. The summed E-state index contributed by atoms with van der Waals surface area (Å²) in [6.07, 6.45) is 5.68. The molecule has 0 amide bonds. The van der Waals surface area contributed by atoms with E-state index in [1.165, 1.54) is 43.8 Å². The van der Waals surface area contributed by atoms with E-state index in [1.807, 2.05) is 24.7 Å². The second-order valence-electron chi connectivity index (χ2n) is 7.58. The van der Waals surface area contributed by atoms with Gasteiger partial charge in [-0.25, -0.2) is 19.7 Å². The van der Waals surface area contributed by atoms with Crippen molar-refractivity contribution >= 4 is 23.3 Å². The lowest BCUT2D eigenvalue weighted by Gasteiger charge is -2.47. The lowest BCUT2D eigenvalue weighted by Crippen LogP contribution is -2.49. The summed E-state index contributed by atoms with van der Waals surface area (Å²) in [5, 5.41) is 10.4. The first-order valence-electron chi connectivity index (χ1n) is 9.70. The zero-order valence-electron chi connectivity index (χ0n) is 16.4. The van der Waals surface area contributed by atoms with Crippen LogP contribution in [0.15, 0.2) is 30.0 Å². The van der Waals surface area contributed by atoms with Crippen molar-refractivity contribution in [3.05, 3.63) is 35.0 Å². The predicted molar refractivity (Wildman–Crippen MR) is 106 cm³/mol. The maximum Gasteiger partial charge on any atom is 0.490 e. The number of carboxylic acid groups (broad SMARTS) is 1. The molecule has 1 spiro atoms. The summed E-state index contributed by atoms with van der Waals surface area (Å²) < 4.78 is 31.7. The summed E-state index contributed by atoms with van der Waals surface area (Å²) in [6.45, 7) is 5.61. The van der Waals surface area contributed by atoms with Gasteiger partial charge in [-0.15, -0.1) is 11.3 Å². The third-order valence-electron chi connectivity index (χ3n) is 5.48. The van der Waals surface area contributed by atoms with Crippen molar-refractivity contribution < 1.29 is 23.1 Å². The Morgan fingerprint density at radius 3 is 2.33 bits per heavy atom. The molecule has 2 fully saturated rings. The lowest BCUT2D eigenvalue weighted by molar-refractivity contribution is -0.192. The topological polar surface area (TPSA) is 82.5 Å². The third-order valence-corrected chi connectivity index (χ3v) is 6.25. The molecular formula is C19H24F3N5O2S. The van der Waals surface area contributed by atoms with Crippen LogP contribution in [0.3, 0.4) is 0 Å². The van der Waals surface area contributed by atoms with Crippen molar-refractivity contribution in [2.24, 2.45) is 5.41 Å². The average Bonchev–Trinajstić information content (AvgIpc) is 3.22. The second-order valence-corrected chi connectivity index (χ2v) is 8.56. The van der Waals surface area contributed by atoms with E-state index in [0.717, 1.165) is 25.6 Å². The first-order valence-corrected chi connectivity index (χ1v) is 10.6. The van der Waals surface area contributed by atoms with Crippen molar-refractivity contribution in [2.75, 3.05) is 31.1 Å². The number of alkyl halides is 3. The first-order chi connectivity index (χ1) is 14.3. The minimum Gasteiger partial charge on any atom is -0.475 e. The smallest absolute Gasteiger partial charge is 0.475 e. The van der Waals surface area contributed by atoms with Crippen LogP contribution in [0, 0.1) is 5.41 Å². The molecule has 0 saturated carbocycles. The van der Waals surface area contributed by atoms with Gasteiger partial charge in [-0.3, -0.25) is 4.90 Å². The van der Waals surface area contributed by atoms with Gasteiger partial charge in [0.25, 0.3) is 0 Å². The minimum atomic E-state index is -5.08. The number of halogens is 3. The highest BCUT2D eigenvalue weighted by Gasteiger charge is 2.39. The summed E-state index contributed by atoms with van der Waals surface area (Å²) in [7, 11) is 0.